The number of ether oxygens (including phenoxy) is 1. The molecule has 2 heteroatoms. The lowest BCUT2D eigenvalue weighted by Crippen LogP contribution is -2.05. The van der Waals surface area contributed by atoms with Crippen molar-refractivity contribution in [1.82, 2.24) is 5.32 Å². The molecule has 2 aromatic carbocycles. The fourth-order valence-electron chi connectivity index (χ4n) is 2.81. The summed E-state index contributed by atoms with van der Waals surface area (Å²) in [5, 5.41) is 3.17. The second-order valence-corrected chi connectivity index (χ2v) is 5.52. The fourth-order valence-corrected chi connectivity index (χ4v) is 2.81. The maximum Gasteiger partial charge on any atom is 0.130 e. The van der Waals surface area contributed by atoms with Gasteiger partial charge in [-0.2, -0.15) is 0 Å². The first-order valence-corrected chi connectivity index (χ1v) is 7.30. The van der Waals surface area contributed by atoms with Crippen LogP contribution in [0, 0.1) is 6.92 Å². The van der Waals surface area contributed by atoms with Gasteiger partial charge in [0.25, 0.3) is 0 Å². The number of aryl methyl sites for hydroxylation is 3. The van der Waals surface area contributed by atoms with E-state index < -0.39 is 0 Å². The molecule has 2 aromatic rings. The number of benzene rings is 2. The molecule has 104 valence electrons. The molecular weight excluding hydrogens is 246 g/mol. The molecule has 2 nitrogen and oxygen atoms in total. The summed E-state index contributed by atoms with van der Waals surface area (Å²) in [4.78, 5) is 0. The van der Waals surface area contributed by atoms with Gasteiger partial charge >= 0.3 is 0 Å². The molecule has 0 saturated heterocycles. The topological polar surface area (TPSA) is 21.3 Å². The van der Waals surface area contributed by atoms with Crippen LogP contribution in [-0.2, 0) is 19.4 Å². The Kier molecular flexibility index (Phi) is 3.75. The van der Waals surface area contributed by atoms with Gasteiger partial charge in [0, 0.05) is 6.54 Å². The van der Waals surface area contributed by atoms with Crippen molar-refractivity contribution in [2.45, 2.75) is 32.7 Å². The highest BCUT2D eigenvalue weighted by atomic mass is 16.5. The first-order valence-electron chi connectivity index (χ1n) is 7.30. The van der Waals surface area contributed by atoms with E-state index in [2.05, 4.69) is 48.6 Å². The number of rotatable bonds is 4. The minimum atomic E-state index is 0.862. The fraction of sp³-hybridized carbons (Fsp3) is 0.333. The molecule has 1 aliphatic carbocycles. The van der Waals surface area contributed by atoms with Crippen LogP contribution in [0.4, 0.5) is 0 Å². The van der Waals surface area contributed by atoms with E-state index in [0.29, 0.717) is 0 Å². The molecule has 0 unspecified atom stereocenters. The van der Waals surface area contributed by atoms with E-state index in [9.17, 15) is 0 Å². The average Bonchev–Trinajstić information content (AvgIpc) is 2.90. The van der Waals surface area contributed by atoms with Gasteiger partial charge in [-0.15, -0.1) is 0 Å². The molecule has 0 spiro atoms. The van der Waals surface area contributed by atoms with Gasteiger partial charge in [0.2, 0.25) is 0 Å². The Balaban J connectivity index is 1.85. The van der Waals surface area contributed by atoms with Crippen molar-refractivity contribution < 1.29 is 4.74 Å². The van der Waals surface area contributed by atoms with Crippen LogP contribution in [-0.4, -0.2) is 7.05 Å². The normalized spacial score (nSPS) is 13.3. The monoisotopic (exact) mass is 267 g/mol. The molecule has 1 N–H and O–H groups in total. The summed E-state index contributed by atoms with van der Waals surface area (Å²) in [5.41, 5.74) is 5.35. The predicted molar refractivity (Wildman–Crippen MR) is 82.5 cm³/mol. The lowest BCUT2D eigenvalue weighted by Gasteiger charge is -2.12. The van der Waals surface area contributed by atoms with Gasteiger partial charge in [0.1, 0.15) is 11.5 Å². The van der Waals surface area contributed by atoms with Crippen LogP contribution in [0.1, 0.15) is 28.7 Å². The molecule has 1 aliphatic rings. The van der Waals surface area contributed by atoms with Crippen LogP contribution in [0.3, 0.4) is 0 Å². The third-order valence-corrected chi connectivity index (χ3v) is 3.93. The number of nitrogens with one attached hydrogen (secondary N) is 1. The molecule has 0 amide bonds. The van der Waals surface area contributed by atoms with Crippen LogP contribution >= 0.6 is 0 Å². The third kappa shape index (κ3) is 2.70. The van der Waals surface area contributed by atoms with Gasteiger partial charge in [-0.05, 0) is 73.7 Å². The van der Waals surface area contributed by atoms with Crippen molar-refractivity contribution in [2.24, 2.45) is 0 Å². The molecule has 0 bridgehead atoms. The third-order valence-electron chi connectivity index (χ3n) is 3.93. The minimum absolute atomic E-state index is 0.862. The SMILES string of the molecule is CNCc1ccc(C)c(Oc2ccc3c(c2)CCC3)c1. The van der Waals surface area contributed by atoms with Crippen LogP contribution in [0.2, 0.25) is 0 Å². The van der Waals surface area contributed by atoms with Crippen molar-refractivity contribution in [1.29, 1.82) is 0 Å². The van der Waals surface area contributed by atoms with Gasteiger partial charge in [0.05, 0.1) is 0 Å². The maximum absolute atomic E-state index is 6.09. The Morgan fingerprint density at radius 3 is 2.75 bits per heavy atom. The molecule has 0 saturated carbocycles. The quantitative estimate of drug-likeness (QED) is 0.904. The first kappa shape index (κ1) is 13.2. The molecule has 0 aromatic heterocycles. The van der Waals surface area contributed by atoms with Crippen molar-refractivity contribution in [3.8, 4) is 11.5 Å². The summed E-state index contributed by atoms with van der Waals surface area (Å²) in [6.45, 7) is 2.95. The second-order valence-electron chi connectivity index (χ2n) is 5.52. The van der Waals surface area contributed by atoms with Crippen LogP contribution in [0.5, 0.6) is 11.5 Å². The highest BCUT2D eigenvalue weighted by Crippen LogP contribution is 2.30. The first-order chi connectivity index (χ1) is 9.76. The molecular formula is C18H21NO. The van der Waals surface area contributed by atoms with Gasteiger partial charge in [-0.1, -0.05) is 18.2 Å². The molecule has 0 radical (unpaired) electrons. The lowest BCUT2D eigenvalue weighted by atomic mass is 10.1. The van der Waals surface area contributed by atoms with Crippen molar-refractivity contribution >= 4 is 0 Å². The summed E-state index contributed by atoms with van der Waals surface area (Å²) >= 11 is 0. The summed E-state index contributed by atoms with van der Waals surface area (Å²) < 4.78 is 6.09. The van der Waals surface area contributed by atoms with Gasteiger partial charge in [0.15, 0.2) is 0 Å². The van der Waals surface area contributed by atoms with Crippen LogP contribution < -0.4 is 10.1 Å². The smallest absolute Gasteiger partial charge is 0.130 e. The summed E-state index contributed by atoms with van der Waals surface area (Å²) in [7, 11) is 1.96. The van der Waals surface area contributed by atoms with Crippen molar-refractivity contribution in [3.05, 3.63) is 58.7 Å². The van der Waals surface area contributed by atoms with Gasteiger partial charge in [-0.3, -0.25) is 0 Å². The Morgan fingerprint density at radius 2 is 1.90 bits per heavy atom. The molecule has 0 atom stereocenters. The van der Waals surface area contributed by atoms with Crippen LogP contribution in [0.25, 0.3) is 0 Å². The van der Waals surface area contributed by atoms with Crippen molar-refractivity contribution in [2.75, 3.05) is 7.05 Å². The van der Waals surface area contributed by atoms with Gasteiger partial charge < -0.3 is 10.1 Å². The molecule has 0 aliphatic heterocycles. The minimum Gasteiger partial charge on any atom is -0.457 e. The Morgan fingerprint density at radius 1 is 1.05 bits per heavy atom. The zero-order valence-corrected chi connectivity index (χ0v) is 12.2. The van der Waals surface area contributed by atoms with Crippen LogP contribution in [0.15, 0.2) is 36.4 Å². The van der Waals surface area contributed by atoms with Crippen molar-refractivity contribution in [3.63, 3.8) is 0 Å². The number of hydrogen-bond acceptors (Lipinski definition) is 2. The molecule has 20 heavy (non-hydrogen) atoms. The van der Waals surface area contributed by atoms with E-state index in [1.165, 1.54) is 41.5 Å². The summed E-state index contributed by atoms with van der Waals surface area (Å²) in [5.74, 6) is 1.91. The van der Waals surface area contributed by atoms with E-state index in [-0.39, 0.29) is 0 Å². The highest BCUT2D eigenvalue weighted by Gasteiger charge is 2.12. The van der Waals surface area contributed by atoms with E-state index in [0.717, 1.165) is 18.0 Å². The van der Waals surface area contributed by atoms with Gasteiger partial charge in [-0.25, -0.2) is 0 Å². The summed E-state index contributed by atoms with van der Waals surface area (Å²) in [6, 6.07) is 12.9. The largest absolute Gasteiger partial charge is 0.457 e. The standard InChI is InChI=1S/C18H21NO/c1-13-6-7-14(12-19-2)10-18(13)20-17-9-8-15-4-3-5-16(15)11-17/h6-11,19H,3-5,12H2,1-2H3. The number of hydrogen-bond donors (Lipinski definition) is 1. The average molecular weight is 267 g/mol. The Hall–Kier alpha value is -1.80. The molecule has 0 fully saturated rings. The highest BCUT2D eigenvalue weighted by molar-refractivity contribution is 5.43. The zero-order valence-electron chi connectivity index (χ0n) is 12.2. The maximum atomic E-state index is 6.09. The van der Waals surface area contributed by atoms with E-state index in [1.807, 2.05) is 7.05 Å². The van der Waals surface area contributed by atoms with E-state index in [1.54, 1.807) is 0 Å². The Labute approximate surface area is 120 Å². The van der Waals surface area contributed by atoms with E-state index >= 15 is 0 Å². The van der Waals surface area contributed by atoms with E-state index in [4.69, 9.17) is 4.74 Å². The Bertz CT molecular complexity index is 619. The molecule has 0 heterocycles. The zero-order chi connectivity index (χ0) is 13.9. The second kappa shape index (κ2) is 5.68. The summed E-state index contributed by atoms with van der Waals surface area (Å²) in [6.07, 6.45) is 3.67. The lowest BCUT2D eigenvalue weighted by molar-refractivity contribution is 0.477. The number of fused-ring (bicyclic) bond motifs is 1. The predicted octanol–water partition coefficient (Wildman–Crippen LogP) is 4.00. The molecule has 3 rings (SSSR count).